The Morgan fingerprint density at radius 2 is 1.26 bits per heavy atom. The molecule has 4 heteroatoms. The zero-order valence-electron chi connectivity index (χ0n) is 15.0. The van der Waals surface area contributed by atoms with E-state index in [0.29, 0.717) is 17.7 Å². The lowest BCUT2D eigenvalue weighted by Gasteiger charge is -2.16. The van der Waals surface area contributed by atoms with Gasteiger partial charge in [-0.15, -0.1) is 0 Å². The van der Waals surface area contributed by atoms with Crippen LogP contribution in [0.2, 0.25) is 0 Å². The average molecular weight is 360 g/mol. The normalized spacial score (nSPS) is 11.4. The van der Waals surface area contributed by atoms with Crippen molar-refractivity contribution in [2.24, 2.45) is 0 Å². The molecule has 3 aromatic carbocycles. The molecule has 0 aromatic heterocycles. The molecular weight excluding hydrogens is 340 g/mol. The third-order valence-corrected chi connectivity index (χ3v) is 4.20. The summed E-state index contributed by atoms with van der Waals surface area (Å²) in [5.41, 5.74) is 3.34. The molecule has 0 aliphatic carbocycles. The molecule has 4 nitrogen and oxygen atoms in total. The van der Waals surface area contributed by atoms with Gasteiger partial charge in [0, 0.05) is 11.1 Å². The molecule has 3 aromatic rings. The summed E-state index contributed by atoms with van der Waals surface area (Å²) in [6.07, 6.45) is 1.51. The van der Waals surface area contributed by atoms with Gasteiger partial charge in [0.15, 0.2) is 0 Å². The maximum Gasteiger partial charge on any atom is 0.150 e. The van der Waals surface area contributed by atoms with E-state index in [4.69, 9.17) is 9.47 Å². The lowest BCUT2D eigenvalue weighted by Crippen LogP contribution is -2.03. The lowest BCUT2D eigenvalue weighted by molar-refractivity contribution is 0.111. The number of hydrogen-bond acceptors (Lipinski definition) is 4. The van der Waals surface area contributed by atoms with E-state index in [1.807, 2.05) is 31.2 Å². The Kier molecular flexibility index (Phi) is 6.00. The van der Waals surface area contributed by atoms with E-state index in [9.17, 15) is 9.59 Å². The Morgan fingerprint density at radius 3 is 1.78 bits per heavy atom. The highest BCUT2D eigenvalue weighted by Gasteiger charge is 2.08. The molecule has 0 saturated heterocycles. The Balaban J connectivity index is 1.56. The SMILES string of the molecule is CC(Oc1ccc(C=O)cc1)c1ccc(COc2ccc(C=O)cc2)cc1. The van der Waals surface area contributed by atoms with Crippen molar-refractivity contribution in [2.75, 3.05) is 0 Å². The smallest absolute Gasteiger partial charge is 0.150 e. The summed E-state index contributed by atoms with van der Waals surface area (Å²) in [6.45, 7) is 2.43. The lowest BCUT2D eigenvalue weighted by atomic mass is 10.1. The van der Waals surface area contributed by atoms with Crippen molar-refractivity contribution in [3.63, 3.8) is 0 Å². The van der Waals surface area contributed by atoms with Crippen LogP contribution in [0.3, 0.4) is 0 Å². The predicted molar refractivity (Wildman–Crippen MR) is 103 cm³/mol. The van der Waals surface area contributed by atoms with E-state index >= 15 is 0 Å². The van der Waals surface area contributed by atoms with Crippen molar-refractivity contribution in [1.29, 1.82) is 0 Å². The fourth-order valence-electron chi connectivity index (χ4n) is 2.59. The highest BCUT2D eigenvalue weighted by molar-refractivity contribution is 5.75. The van der Waals surface area contributed by atoms with Crippen LogP contribution in [0.15, 0.2) is 72.8 Å². The van der Waals surface area contributed by atoms with Gasteiger partial charge in [-0.3, -0.25) is 9.59 Å². The summed E-state index contributed by atoms with van der Waals surface area (Å²) in [6, 6.07) is 22.1. The molecule has 0 amide bonds. The first-order valence-corrected chi connectivity index (χ1v) is 8.67. The summed E-state index contributed by atoms with van der Waals surface area (Å²) in [5.74, 6) is 1.44. The molecule has 0 saturated carbocycles. The minimum absolute atomic E-state index is 0.113. The Labute approximate surface area is 158 Å². The quantitative estimate of drug-likeness (QED) is 0.529. The van der Waals surface area contributed by atoms with Gasteiger partial charge in [-0.05, 0) is 66.6 Å². The standard InChI is InChI=1S/C23H20O4/c1-17(27-23-12-6-19(15-25)7-13-23)21-8-2-20(3-9-21)16-26-22-10-4-18(14-24)5-11-22/h2-15,17H,16H2,1H3. The van der Waals surface area contributed by atoms with Gasteiger partial charge < -0.3 is 9.47 Å². The van der Waals surface area contributed by atoms with Gasteiger partial charge in [-0.2, -0.15) is 0 Å². The monoisotopic (exact) mass is 360 g/mol. The zero-order chi connectivity index (χ0) is 19.1. The second-order valence-corrected chi connectivity index (χ2v) is 6.16. The first kappa shape index (κ1) is 18.4. The van der Waals surface area contributed by atoms with Crippen LogP contribution in [-0.2, 0) is 6.61 Å². The fourth-order valence-corrected chi connectivity index (χ4v) is 2.59. The van der Waals surface area contributed by atoms with E-state index in [2.05, 4.69) is 0 Å². The number of carbonyl (C=O) groups excluding carboxylic acids is 2. The molecule has 0 N–H and O–H groups in total. The van der Waals surface area contributed by atoms with Crippen LogP contribution < -0.4 is 9.47 Å². The number of rotatable bonds is 8. The summed E-state index contributed by atoms with van der Waals surface area (Å²) in [5, 5.41) is 0. The highest BCUT2D eigenvalue weighted by atomic mass is 16.5. The second-order valence-electron chi connectivity index (χ2n) is 6.16. The van der Waals surface area contributed by atoms with Crippen molar-refractivity contribution < 1.29 is 19.1 Å². The van der Waals surface area contributed by atoms with E-state index in [0.717, 1.165) is 35.2 Å². The van der Waals surface area contributed by atoms with Crippen LogP contribution in [0.25, 0.3) is 0 Å². The molecule has 0 radical (unpaired) electrons. The van der Waals surface area contributed by atoms with Gasteiger partial charge in [-0.1, -0.05) is 24.3 Å². The summed E-state index contributed by atoms with van der Waals surface area (Å²) in [4.78, 5) is 21.4. The first-order chi connectivity index (χ1) is 13.2. The predicted octanol–water partition coefficient (Wildman–Crippen LogP) is 5.03. The zero-order valence-corrected chi connectivity index (χ0v) is 15.0. The minimum Gasteiger partial charge on any atom is -0.489 e. The molecule has 0 heterocycles. The second kappa shape index (κ2) is 8.81. The molecule has 0 fully saturated rings. The van der Waals surface area contributed by atoms with Crippen molar-refractivity contribution >= 4 is 12.6 Å². The summed E-state index contributed by atoms with van der Waals surface area (Å²) >= 11 is 0. The van der Waals surface area contributed by atoms with E-state index < -0.39 is 0 Å². The van der Waals surface area contributed by atoms with Gasteiger partial charge in [0.25, 0.3) is 0 Å². The molecule has 0 bridgehead atoms. The number of benzene rings is 3. The average Bonchev–Trinajstić information content (AvgIpc) is 2.73. The summed E-state index contributed by atoms with van der Waals surface area (Å²) < 4.78 is 11.6. The van der Waals surface area contributed by atoms with Gasteiger partial charge in [0.05, 0.1) is 0 Å². The molecule has 27 heavy (non-hydrogen) atoms. The van der Waals surface area contributed by atoms with Gasteiger partial charge >= 0.3 is 0 Å². The highest BCUT2D eigenvalue weighted by Crippen LogP contribution is 2.22. The Morgan fingerprint density at radius 1 is 0.741 bits per heavy atom. The fraction of sp³-hybridized carbons (Fsp3) is 0.130. The van der Waals surface area contributed by atoms with Crippen LogP contribution in [0.4, 0.5) is 0 Å². The number of hydrogen-bond donors (Lipinski definition) is 0. The van der Waals surface area contributed by atoms with E-state index in [-0.39, 0.29) is 6.10 Å². The third-order valence-electron chi connectivity index (χ3n) is 4.20. The van der Waals surface area contributed by atoms with Crippen LogP contribution in [-0.4, -0.2) is 12.6 Å². The molecule has 0 aliphatic rings. The van der Waals surface area contributed by atoms with E-state index in [1.165, 1.54) is 0 Å². The van der Waals surface area contributed by atoms with Gasteiger partial charge in [0.2, 0.25) is 0 Å². The van der Waals surface area contributed by atoms with Crippen LogP contribution in [0.5, 0.6) is 11.5 Å². The largest absolute Gasteiger partial charge is 0.489 e. The third kappa shape index (κ3) is 5.05. The Bertz CT molecular complexity index is 881. The van der Waals surface area contributed by atoms with Crippen molar-refractivity contribution in [1.82, 2.24) is 0 Å². The van der Waals surface area contributed by atoms with Crippen LogP contribution in [0.1, 0.15) is 44.9 Å². The maximum absolute atomic E-state index is 10.7. The van der Waals surface area contributed by atoms with Crippen molar-refractivity contribution in [3.8, 4) is 11.5 Å². The molecule has 1 atom stereocenters. The summed E-state index contributed by atoms with van der Waals surface area (Å²) in [7, 11) is 0. The topological polar surface area (TPSA) is 52.6 Å². The Hall–Kier alpha value is -3.40. The molecule has 0 spiro atoms. The molecule has 0 aliphatic heterocycles. The molecule has 3 rings (SSSR count). The minimum atomic E-state index is -0.113. The molecule has 136 valence electrons. The first-order valence-electron chi connectivity index (χ1n) is 8.67. The molecule has 1 unspecified atom stereocenters. The van der Waals surface area contributed by atoms with Crippen molar-refractivity contribution in [3.05, 3.63) is 95.1 Å². The number of carbonyl (C=O) groups is 2. The van der Waals surface area contributed by atoms with Crippen molar-refractivity contribution in [2.45, 2.75) is 19.6 Å². The van der Waals surface area contributed by atoms with E-state index in [1.54, 1.807) is 48.5 Å². The molecular formula is C23H20O4. The van der Waals surface area contributed by atoms with Gasteiger partial charge in [0.1, 0.15) is 36.8 Å². The number of ether oxygens (including phenoxy) is 2. The van der Waals surface area contributed by atoms with Crippen LogP contribution in [0, 0.1) is 0 Å². The van der Waals surface area contributed by atoms with Gasteiger partial charge in [-0.25, -0.2) is 0 Å². The maximum atomic E-state index is 10.7. The van der Waals surface area contributed by atoms with Crippen LogP contribution >= 0.6 is 0 Å². The number of aldehydes is 2.